The van der Waals surface area contributed by atoms with E-state index in [4.69, 9.17) is 5.11 Å². The molecule has 2 amide bonds. The van der Waals surface area contributed by atoms with Gasteiger partial charge in [0.15, 0.2) is 0 Å². The van der Waals surface area contributed by atoms with Crippen LogP contribution in [0.4, 0.5) is 0 Å². The number of aliphatic hydroxyl groups excluding tert-OH is 1. The first-order chi connectivity index (χ1) is 7.65. The largest absolute Gasteiger partial charge is 0.394 e. The number of carbonyl (C=O) groups excluding carboxylic acids is 2. The number of imide groups is 1. The summed E-state index contributed by atoms with van der Waals surface area (Å²) in [5, 5.41) is 9.02. The van der Waals surface area contributed by atoms with E-state index in [1.165, 1.54) is 0 Å². The maximum atomic E-state index is 12.0. The molecule has 1 atom stereocenters. The van der Waals surface area contributed by atoms with Crippen LogP contribution in [0.25, 0.3) is 0 Å². The molecule has 0 aromatic heterocycles. The number of amides is 2. The topological polar surface area (TPSA) is 57.6 Å². The van der Waals surface area contributed by atoms with Crippen molar-refractivity contribution in [2.24, 2.45) is 0 Å². The van der Waals surface area contributed by atoms with Gasteiger partial charge in [0.05, 0.1) is 19.1 Å². The minimum atomic E-state index is -0.464. The molecule has 0 bridgehead atoms. The zero-order valence-corrected chi connectivity index (χ0v) is 9.01. The molecule has 0 aliphatic carbocycles. The number of carbonyl (C=O) groups is 2. The molecule has 0 spiro atoms. The average Bonchev–Trinajstić information content (AvgIpc) is 2.28. The Morgan fingerprint density at radius 2 is 2.06 bits per heavy atom. The molecule has 1 aromatic carbocycles. The molecule has 2 rings (SSSR count). The smallest absolute Gasteiger partial charge is 0.261 e. The summed E-state index contributed by atoms with van der Waals surface area (Å²) < 4.78 is 0. The third-order valence-electron chi connectivity index (χ3n) is 2.78. The molecular weight excluding hydrogens is 206 g/mol. The summed E-state index contributed by atoms with van der Waals surface area (Å²) in [6.45, 7) is 1.45. The summed E-state index contributed by atoms with van der Waals surface area (Å²) >= 11 is 0. The standard InChI is InChI=1S/C12H13NO3/c1-8(7-14)13-11(15)6-9-4-2-3-5-10(9)12(13)16/h2-5,8,14H,6-7H2,1H3. The van der Waals surface area contributed by atoms with Crippen molar-refractivity contribution in [1.82, 2.24) is 4.90 Å². The highest BCUT2D eigenvalue weighted by Crippen LogP contribution is 2.21. The SMILES string of the molecule is CC(CO)N1C(=O)Cc2ccccc2C1=O. The first-order valence-electron chi connectivity index (χ1n) is 5.20. The predicted molar refractivity (Wildman–Crippen MR) is 57.9 cm³/mol. The van der Waals surface area contributed by atoms with Gasteiger partial charge in [-0.3, -0.25) is 14.5 Å². The van der Waals surface area contributed by atoms with E-state index in [9.17, 15) is 9.59 Å². The molecule has 4 heteroatoms. The Balaban J connectivity index is 2.42. The Labute approximate surface area is 93.5 Å². The summed E-state index contributed by atoms with van der Waals surface area (Å²) in [6, 6.07) is 6.61. The van der Waals surface area contributed by atoms with Crippen molar-refractivity contribution in [2.75, 3.05) is 6.61 Å². The van der Waals surface area contributed by atoms with Gasteiger partial charge in [-0.05, 0) is 18.6 Å². The predicted octanol–water partition coefficient (Wildman–Crippen LogP) is 0.592. The van der Waals surface area contributed by atoms with Crippen molar-refractivity contribution in [3.8, 4) is 0 Å². The van der Waals surface area contributed by atoms with E-state index in [2.05, 4.69) is 0 Å². The van der Waals surface area contributed by atoms with Gasteiger partial charge in [0.25, 0.3) is 5.91 Å². The fourth-order valence-corrected chi connectivity index (χ4v) is 1.90. The number of nitrogens with zero attached hydrogens (tertiary/aromatic N) is 1. The Bertz CT molecular complexity index is 442. The van der Waals surface area contributed by atoms with Crippen molar-refractivity contribution in [1.29, 1.82) is 0 Å². The Morgan fingerprint density at radius 1 is 1.38 bits per heavy atom. The van der Waals surface area contributed by atoms with E-state index in [-0.39, 0.29) is 24.8 Å². The summed E-state index contributed by atoms with van der Waals surface area (Å²) in [4.78, 5) is 24.9. The van der Waals surface area contributed by atoms with Crippen LogP contribution < -0.4 is 0 Å². The molecule has 0 radical (unpaired) electrons. The molecule has 16 heavy (non-hydrogen) atoms. The third-order valence-corrected chi connectivity index (χ3v) is 2.78. The van der Waals surface area contributed by atoms with E-state index >= 15 is 0 Å². The number of benzene rings is 1. The van der Waals surface area contributed by atoms with Crippen molar-refractivity contribution in [3.05, 3.63) is 35.4 Å². The molecular formula is C12H13NO3. The van der Waals surface area contributed by atoms with E-state index < -0.39 is 6.04 Å². The molecule has 1 unspecified atom stereocenters. The van der Waals surface area contributed by atoms with Crippen LogP contribution in [0.5, 0.6) is 0 Å². The molecule has 1 N–H and O–H groups in total. The first-order valence-corrected chi connectivity index (χ1v) is 5.20. The van der Waals surface area contributed by atoms with E-state index in [1.54, 1.807) is 25.1 Å². The lowest BCUT2D eigenvalue weighted by Crippen LogP contribution is -2.48. The second-order valence-electron chi connectivity index (χ2n) is 3.93. The van der Waals surface area contributed by atoms with Gasteiger partial charge in [-0.1, -0.05) is 18.2 Å². The molecule has 1 aromatic rings. The van der Waals surface area contributed by atoms with Crippen LogP contribution in [0.15, 0.2) is 24.3 Å². The molecule has 0 fully saturated rings. The number of hydrogen-bond acceptors (Lipinski definition) is 3. The van der Waals surface area contributed by atoms with Crippen LogP contribution in [0.1, 0.15) is 22.8 Å². The highest BCUT2D eigenvalue weighted by Gasteiger charge is 2.33. The Kier molecular flexibility index (Phi) is 2.75. The van der Waals surface area contributed by atoms with E-state index in [1.807, 2.05) is 6.07 Å². The molecule has 4 nitrogen and oxygen atoms in total. The highest BCUT2D eigenvalue weighted by molar-refractivity contribution is 6.09. The number of rotatable bonds is 2. The molecule has 0 saturated carbocycles. The van der Waals surface area contributed by atoms with Gasteiger partial charge in [-0.2, -0.15) is 0 Å². The summed E-state index contributed by atoms with van der Waals surface area (Å²) in [7, 11) is 0. The minimum absolute atomic E-state index is 0.209. The first kappa shape index (κ1) is 10.8. The quantitative estimate of drug-likeness (QED) is 0.741. The van der Waals surface area contributed by atoms with Gasteiger partial charge in [0.2, 0.25) is 5.91 Å². The second-order valence-corrected chi connectivity index (χ2v) is 3.93. The minimum Gasteiger partial charge on any atom is -0.394 e. The molecule has 1 aliphatic rings. The van der Waals surface area contributed by atoms with Crippen LogP contribution in [-0.4, -0.2) is 34.5 Å². The van der Waals surface area contributed by atoms with Crippen LogP contribution >= 0.6 is 0 Å². The van der Waals surface area contributed by atoms with Gasteiger partial charge >= 0.3 is 0 Å². The molecule has 1 heterocycles. The van der Waals surface area contributed by atoms with E-state index in [0.717, 1.165) is 10.5 Å². The number of aliphatic hydroxyl groups is 1. The second kappa shape index (κ2) is 4.06. The van der Waals surface area contributed by atoms with Gasteiger partial charge in [-0.15, -0.1) is 0 Å². The number of fused-ring (bicyclic) bond motifs is 1. The zero-order chi connectivity index (χ0) is 11.7. The monoisotopic (exact) mass is 219 g/mol. The van der Waals surface area contributed by atoms with Crippen molar-refractivity contribution in [3.63, 3.8) is 0 Å². The lowest BCUT2D eigenvalue weighted by Gasteiger charge is -2.30. The maximum Gasteiger partial charge on any atom is 0.261 e. The van der Waals surface area contributed by atoms with Crippen LogP contribution in [0, 0.1) is 0 Å². The lowest BCUT2D eigenvalue weighted by atomic mass is 9.97. The van der Waals surface area contributed by atoms with E-state index in [0.29, 0.717) is 5.56 Å². The summed E-state index contributed by atoms with van der Waals surface area (Å²) in [6.07, 6.45) is 0.228. The Morgan fingerprint density at radius 3 is 2.75 bits per heavy atom. The normalized spacial score (nSPS) is 17.2. The fourth-order valence-electron chi connectivity index (χ4n) is 1.90. The van der Waals surface area contributed by atoms with Gasteiger partial charge in [0, 0.05) is 5.56 Å². The van der Waals surface area contributed by atoms with Crippen molar-refractivity contribution in [2.45, 2.75) is 19.4 Å². The average molecular weight is 219 g/mol. The van der Waals surface area contributed by atoms with Gasteiger partial charge in [-0.25, -0.2) is 0 Å². The van der Waals surface area contributed by atoms with Crippen LogP contribution in [0.3, 0.4) is 0 Å². The molecule has 0 saturated heterocycles. The van der Waals surface area contributed by atoms with Crippen LogP contribution in [-0.2, 0) is 11.2 Å². The molecule has 84 valence electrons. The van der Waals surface area contributed by atoms with Gasteiger partial charge < -0.3 is 5.11 Å². The zero-order valence-electron chi connectivity index (χ0n) is 9.01. The highest BCUT2D eigenvalue weighted by atomic mass is 16.3. The maximum absolute atomic E-state index is 12.0. The lowest BCUT2D eigenvalue weighted by molar-refractivity contribution is -0.130. The summed E-state index contributed by atoms with van der Waals surface area (Å²) in [5.41, 5.74) is 1.32. The van der Waals surface area contributed by atoms with Crippen molar-refractivity contribution < 1.29 is 14.7 Å². The van der Waals surface area contributed by atoms with Crippen molar-refractivity contribution >= 4 is 11.8 Å². The summed E-state index contributed by atoms with van der Waals surface area (Å²) in [5.74, 6) is -0.557. The van der Waals surface area contributed by atoms with Crippen LogP contribution in [0.2, 0.25) is 0 Å². The third kappa shape index (κ3) is 1.61. The van der Waals surface area contributed by atoms with Gasteiger partial charge in [0.1, 0.15) is 0 Å². The molecule has 1 aliphatic heterocycles. The Hall–Kier alpha value is -1.68. The number of hydrogen-bond donors (Lipinski definition) is 1. The fraction of sp³-hybridized carbons (Fsp3) is 0.333.